The minimum atomic E-state index is -0.378. The van der Waals surface area contributed by atoms with Crippen LogP contribution in [0.4, 0.5) is 17.1 Å². The van der Waals surface area contributed by atoms with Crippen LogP contribution >= 0.6 is 11.6 Å². The lowest BCUT2D eigenvalue weighted by Crippen LogP contribution is -2.31. The topological polar surface area (TPSA) is 116 Å². The number of hydrogen-bond acceptors (Lipinski definition) is 8. The molecule has 11 heteroatoms. The fourth-order valence-corrected chi connectivity index (χ4v) is 5.55. The van der Waals surface area contributed by atoms with E-state index in [1.807, 2.05) is 81.1 Å². The van der Waals surface area contributed by atoms with E-state index in [1.54, 1.807) is 6.07 Å². The maximum atomic E-state index is 12.8. The van der Waals surface area contributed by atoms with Crippen LogP contribution in [0.25, 0.3) is 5.65 Å². The largest absolute Gasteiger partial charge is 0.492 e. The molecule has 5 rings (SSSR count). The number of ether oxygens (including phenoxy) is 2. The number of rotatable bonds is 12. The Kier molecular flexibility index (Phi) is 9.78. The van der Waals surface area contributed by atoms with Gasteiger partial charge in [0.15, 0.2) is 0 Å². The highest BCUT2D eigenvalue weighted by atomic mass is 35.5. The van der Waals surface area contributed by atoms with Crippen LogP contribution in [0.2, 0.25) is 5.02 Å². The molecule has 10 nitrogen and oxygen atoms in total. The Balaban J connectivity index is 1.34. The number of nitriles is 1. The van der Waals surface area contributed by atoms with Crippen molar-refractivity contribution in [3.63, 3.8) is 0 Å². The van der Waals surface area contributed by atoms with Crippen molar-refractivity contribution in [3.05, 3.63) is 76.7 Å². The van der Waals surface area contributed by atoms with Crippen molar-refractivity contribution in [3.8, 4) is 17.6 Å². The van der Waals surface area contributed by atoms with E-state index >= 15 is 0 Å². The number of amides is 1. The second kappa shape index (κ2) is 13.9. The molecule has 1 aliphatic rings. The number of nitrogens with zero attached hydrogens (tertiary/aromatic N) is 4. The van der Waals surface area contributed by atoms with Crippen LogP contribution in [0.1, 0.15) is 42.6 Å². The summed E-state index contributed by atoms with van der Waals surface area (Å²) in [5.41, 5.74) is 5.80. The third-order valence-electron chi connectivity index (χ3n) is 7.51. The molecule has 2 aromatic heterocycles. The molecule has 3 N–H and O–H groups in total. The summed E-state index contributed by atoms with van der Waals surface area (Å²) < 4.78 is 13.9. The van der Waals surface area contributed by atoms with Gasteiger partial charge in [0, 0.05) is 48.4 Å². The van der Waals surface area contributed by atoms with Crippen LogP contribution in [0.5, 0.6) is 11.5 Å². The van der Waals surface area contributed by atoms with E-state index in [9.17, 15) is 10.1 Å². The molecule has 0 saturated heterocycles. The number of benzene rings is 2. The van der Waals surface area contributed by atoms with Crippen LogP contribution in [-0.4, -0.2) is 54.0 Å². The minimum Gasteiger partial charge on any atom is -0.492 e. The van der Waals surface area contributed by atoms with E-state index in [4.69, 9.17) is 21.1 Å². The van der Waals surface area contributed by atoms with Gasteiger partial charge in [-0.15, -0.1) is 0 Å². The Morgan fingerprint density at radius 3 is 2.80 bits per heavy atom. The van der Waals surface area contributed by atoms with Gasteiger partial charge in [0.1, 0.15) is 23.8 Å². The summed E-state index contributed by atoms with van der Waals surface area (Å²) in [6, 6.07) is 15.3. The van der Waals surface area contributed by atoms with Crippen LogP contribution < -0.4 is 25.4 Å². The van der Waals surface area contributed by atoms with Gasteiger partial charge < -0.3 is 34.7 Å². The summed E-state index contributed by atoms with van der Waals surface area (Å²) in [5.74, 6) is 0.657. The van der Waals surface area contributed by atoms with Gasteiger partial charge in [-0.05, 0) is 76.8 Å². The van der Waals surface area contributed by atoms with E-state index in [0.29, 0.717) is 41.8 Å². The zero-order chi connectivity index (χ0) is 31.2. The highest BCUT2D eigenvalue weighted by molar-refractivity contribution is 6.32. The third kappa shape index (κ3) is 7.18. The summed E-state index contributed by atoms with van der Waals surface area (Å²) in [7, 11) is 3.97. The van der Waals surface area contributed by atoms with Crippen LogP contribution in [0, 0.1) is 24.2 Å². The van der Waals surface area contributed by atoms with Crippen molar-refractivity contribution in [2.24, 2.45) is 5.92 Å². The molecule has 1 aliphatic heterocycles. The molecule has 1 amide bonds. The Bertz CT molecular complexity index is 1680. The van der Waals surface area contributed by atoms with E-state index in [0.717, 1.165) is 46.8 Å². The lowest BCUT2D eigenvalue weighted by Gasteiger charge is -2.33. The van der Waals surface area contributed by atoms with Crippen molar-refractivity contribution in [2.45, 2.75) is 39.3 Å². The molecule has 230 valence electrons. The number of carbonyl (C=O) groups excluding carboxylic acids is 1. The summed E-state index contributed by atoms with van der Waals surface area (Å²) in [6.45, 7) is 5.93. The molecule has 0 saturated carbocycles. The SMILES string of the molecule is CCOc1cc2c(cc1NC(=O)CCCN(C)C)C(Nc1ccc(OCc3cn4cccc(C)c4n3)c(Cl)c1)C(C#N)CN2. The van der Waals surface area contributed by atoms with Gasteiger partial charge in [-0.25, -0.2) is 4.98 Å². The Morgan fingerprint density at radius 1 is 1.23 bits per heavy atom. The molecular formula is C33H38ClN7O3. The summed E-state index contributed by atoms with van der Waals surface area (Å²) in [6.07, 6.45) is 5.04. The number of aryl methyl sites for hydroxylation is 1. The third-order valence-corrected chi connectivity index (χ3v) is 7.80. The summed E-state index contributed by atoms with van der Waals surface area (Å²) in [5, 5.41) is 20.4. The Labute approximate surface area is 262 Å². The predicted octanol–water partition coefficient (Wildman–Crippen LogP) is 6.27. The van der Waals surface area contributed by atoms with Gasteiger partial charge in [0.05, 0.1) is 41.0 Å². The van der Waals surface area contributed by atoms with Crippen molar-refractivity contribution in [1.82, 2.24) is 14.3 Å². The van der Waals surface area contributed by atoms with Gasteiger partial charge >= 0.3 is 0 Å². The lowest BCUT2D eigenvalue weighted by atomic mass is 9.88. The number of halogens is 1. The highest BCUT2D eigenvalue weighted by Crippen LogP contribution is 2.42. The number of aromatic nitrogens is 2. The van der Waals surface area contributed by atoms with Gasteiger partial charge in [-0.3, -0.25) is 4.79 Å². The van der Waals surface area contributed by atoms with Crippen molar-refractivity contribution in [1.29, 1.82) is 5.26 Å². The Morgan fingerprint density at radius 2 is 2.07 bits per heavy atom. The van der Waals surface area contributed by atoms with Gasteiger partial charge in [-0.1, -0.05) is 17.7 Å². The second-order valence-electron chi connectivity index (χ2n) is 11.2. The first kappa shape index (κ1) is 31.0. The van der Waals surface area contributed by atoms with Crippen LogP contribution in [-0.2, 0) is 11.4 Å². The second-order valence-corrected chi connectivity index (χ2v) is 11.6. The predicted molar refractivity (Wildman–Crippen MR) is 174 cm³/mol. The molecular weight excluding hydrogens is 578 g/mol. The van der Waals surface area contributed by atoms with Gasteiger partial charge in [0.25, 0.3) is 0 Å². The standard InChI is InChI=1S/C33H38ClN7O3/c1-5-43-30-16-27-25(15-28(30)39-31(42)9-7-12-40(3)4)32(22(17-35)18-36-27)37-23-10-11-29(26(34)14-23)44-20-24-19-41-13-6-8-21(2)33(41)38-24/h6,8,10-11,13-16,19,22,32,36-37H,5,7,9,12,18,20H2,1-4H3,(H,39,42). The molecule has 3 heterocycles. The van der Waals surface area contributed by atoms with Gasteiger partial charge in [-0.2, -0.15) is 5.26 Å². The number of fused-ring (bicyclic) bond motifs is 2. The molecule has 2 aromatic carbocycles. The number of imidazole rings is 1. The van der Waals surface area contributed by atoms with E-state index in [1.165, 1.54) is 0 Å². The molecule has 4 aromatic rings. The fraction of sp³-hybridized carbons (Fsp3) is 0.364. The zero-order valence-electron chi connectivity index (χ0n) is 25.5. The van der Waals surface area contributed by atoms with Gasteiger partial charge in [0.2, 0.25) is 5.91 Å². The lowest BCUT2D eigenvalue weighted by molar-refractivity contribution is -0.116. The van der Waals surface area contributed by atoms with E-state index < -0.39 is 0 Å². The fourth-order valence-electron chi connectivity index (χ4n) is 5.31. The molecule has 0 fully saturated rings. The molecule has 2 atom stereocenters. The first-order valence-electron chi connectivity index (χ1n) is 14.8. The summed E-state index contributed by atoms with van der Waals surface area (Å²) in [4.78, 5) is 19.5. The maximum absolute atomic E-state index is 12.8. The van der Waals surface area contributed by atoms with Crippen LogP contribution in [0.15, 0.2) is 54.9 Å². The highest BCUT2D eigenvalue weighted by Gasteiger charge is 2.31. The quantitative estimate of drug-likeness (QED) is 0.171. The normalized spacial score (nSPS) is 15.8. The number of anilines is 3. The average Bonchev–Trinajstić information content (AvgIpc) is 3.42. The zero-order valence-corrected chi connectivity index (χ0v) is 26.2. The number of carbonyl (C=O) groups is 1. The van der Waals surface area contributed by atoms with Crippen molar-refractivity contribution < 1.29 is 14.3 Å². The van der Waals surface area contributed by atoms with E-state index in [2.05, 4.69) is 31.9 Å². The molecule has 44 heavy (non-hydrogen) atoms. The molecule has 0 spiro atoms. The minimum absolute atomic E-state index is 0.0842. The number of pyridine rings is 1. The van der Waals surface area contributed by atoms with Crippen molar-refractivity contribution >= 4 is 40.2 Å². The first-order valence-corrected chi connectivity index (χ1v) is 15.1. The summed E-state index contributed by atoms with van der Waals surface area (Å²) >= 11 is 6.65. The Hall–Kier alpha value is -4.46. The average molecular weight is 616 g/mol. The van der Waals surface area contributed by atoms with Crippen molar-refractivity contribution in [2.75, 3.05) is 49.7 Å². The first-order chi connectivity index (χ1) is 21.2. The molecule has 2 unspecified atom stereocenters. The molecule has 0 radical (unpaired) electrons. The number of nitrogens with one attached hydrogen (secondary N) is 3. The molecule has 0 aliphatic carbocycles. The monoisotopic (exact) mass is 615 g/mol. The van der Waals surface area contributed by atoms with E-state index in [-0.39, 0.29) is 24.5 Å². The van der Waals surface area contributed by atoms with Crippen LogP contribution in [0.3, 0.4) is 0 Å². The number of hydrogen-bond donors (Lipinski definition) is 3. The molecule has 0 bridgehead atoms. The maximum Gasteiger partial charge on any atom is 0.224 e. The smallest absolute Gasteiger partial charge is 0.224 e.